The van der Waals surface area contributed by atoms with E-state index in [4.69, 9.17) is 21.0 Å². The van der Waals surface area contributed by atoms with Gasteiger partial charge in [-0.2, -0.15) is 10.5 Å². The molecule has 0 bridgehead atoms. The molecule has 3 N–H and O–H groups in total. The van der Waals surface area contributed by atoms with E-state index >= 15 is 0 Å². The van der Waals surface area contributed by atoms with E-state index in [1.54, 1.807) is 45.0 Å². The van der Waals surface area contributed by atoms with Crippen LogP contribution in [0.15, 0.2) is 45.3 Å². The molecule has 0 fully saturated rings. The van der Waals surface area contributed by atoms with Gasteiger partial charge in [-0.3, -0.25) is 0 Å². The van der Waals surface area contributed by atoms with Gasteiger partial charge in [0.2, 0.25) is 0 Å². The molecular weight excluding hydrogens is 500 g/mol. The Morgan fingerprint density at radius 1 is 1.00 bits per heavy atom. The number of rotatable bonds is 3. The molecular formula is C21H22Br2N4O2. The molecule has 0 spiro atoms. The second-order valence-electron chi connectivity index (χ2n) is 6.98. The van der Waals surface area contributed by atoms with Crippen LogP contribution in [-0.4, -0.2) is 11.7 Å². The summed E-state index contributed by atoms with van der Waals surface area (Å²) in [6.07, 6.45) is -0.471. The average Bonchev–Trinajstić information content (AvgIpc) is 2.64. The summed E-state index contributed by atoms with van der Waals surface area (Å²) in [5.74, 6) is 0. The lowest BCUT2D eigenvalue weighted by Crippen LogP contribution is -2.32. The summed E-state index contributed by atoms with van der Waals surface area (Å²) < 4.78 is 6.83. The Balaban J connectivity index is 0.000000326. The molecule has 0 aliphatic heterocycles. The van der Waals surface area contributed by atoms with Crippen molar-refractivity contribution in [2.75, 3.05) is 0 Å². The van der Waals surface area contributed by atoms with E-state index in [-0.39, 0.29) is 0 Å². The standard InChI is InChI=1S/C13H15BrN2O2.C8H7BrN2/c1-13(2,3)18-12(17)16-8-10-4-9(7-15)5-11(14)6-10;9-8-2-6(4-10)1-7(3-8)5-11/h4-6H,8H2,1-3H3,(H,16,17);1-3H,4,10H2. The van der Waals surface area contributed by atoms with Crippen LogP contribution in [-0.2, 0) is 17.8 Å². The highest BCUT2D eigenvalue weighted by Crippen LogP contribution is 2.16. The molecule has 8 heteroatoms. The van der Waals surface area contributed by atoms with Gasteiger partial charge in [0.05, 0.1) is 23.3 Å². The highest BCUT2D eigenvalue weighted by molar-refractivity contribution is 9.10. The van der Waals surface area contributed by atoms with Crippen LogP contribution in [0.1, 0.15) is 43.0 Å². The molecule has 0 atom stereocenters. The van der Waals surface area contributed by atoms with Gasteiger partial charge in [-0.25, -0.2) is 4.79 Å². The predicted molar refractivity (Wildman–Crippen MR) is 119 cm³/mol. The zero-order chi connectivity index (χ0) is 22.0. The van der Waals surface area contributed by atoms with E-state index in [1.807, 2.05) is 12.1 Å². The summed E-state index contributed by atoms with van der Waals surface area (Å²) in [5, 5.41) is 20.0. The van der Waals surface area contributed by atoms with Gasteiger partial charge in [0.1, 0.15) is 5.60 Å². The van der Waals surface area contributed by atoms with Crippen LogP contribution in [0.25, 0.3) is 0 Å². The third kappa shape index (κ3) is 10.1. The van der Waals surface area contributed by atoms with Crippen molar-refractivity contribution in [2.45, 2.75) is 39.5 Å². The quantitative estimate of drug-likeness (QED) is 0.581. The molecule has 0 saturated heterocycles. The maximum absolute atomic E-state index is 11.5. The number of alkyl carbamates (subject to hydrolysis) is 1. The molecule has 2 rings (SSSR count). The number of carbonyl (C=O) groups excluding carboxylic acids is 1. The van der Waals surface area contributed by atoms with E-state index < -0.39 is 11.7 Å². The zero-order valence-corrected chi connectivity index (χ0v) is 19.6. The number of hydrogen-bond donors (Lipinski definition) is 2. The summed E-state index contributed by atoms with van der Waals surface area (Å²) in [6.45, 7) is 6.20. The minimum atomic E-state index is -0.515. The molecule has 0 saturated carbocycles. The SMILES string of the molecule is CC(C)(C)OC(=O)NCc1cc(Br)cc(C#N)c1.N#Cc1cc(Br)cc(CN)c1. The molecule has 152 valence electrons. The smallest absolute Gasteiger partial charge is 0.407 e. The Labute approximate surface area is 187 Å². The Bertz CT molecular complexity index is 941. The first-order valence-electron chi connectivity index (χ1n) is 8.62. The summed E-state index contributed by atoms with van der Waals surface area (Å²) >= 11 is 6.60. The highest BCUT2D eigenvalue weighted by atomic mass is 79.9. The van der Waals surface area contributed by atoms with Crippen molar-refractivity contribution in [1.82, 2.24) is 5.32 Å². The average molecular weight is 522 g/mol. The van der Waals surface area contributed by atoms with Crippen LogP contribution in [0, 0.1) is 22.7 Å². The van der Waals surface area contributed by atoms with Gasteiger partial charge in [-0.1, -0.05) is 31.9 Å². The van der Waals surface area contributed by atoms with E-state index in [2.05, 4.69) is 49.3 Å². The number of nitrogens with two attached hydrogens (primary N) is 1. The van der Waals surface area contributed by atoms with Gasteiger partial charge >= 0.3 is 6.09 Å². The Morgan fingerprint density at radius 2 is 1.48 bits per heavy atom. The number of nitriles is 2. The molecule has 0 aliphatic rings. The van der Waals surface area contributed by atoms with Crippen molar-refractivity contribution in [3.8, 4) is 12.1 Å². The second-order valence-corrected chi connectivity index (χ2v) is 8.81. The topological polar surface area (TPSA) is 112 Å². The van der Waals surface area contributed by atoms with E-state index in [0.29, 0.717) is 24.2 Å². The molecule has 6 nitrogen and oxygen atoms in total. The highest BCUT2D eigenvalue weighted by Gasteiger charge is 2.15. The van der Waals surface area contributed by atoms with Crippen LogP contribution in [0.2, 0.25) is 0 Å². The molecule has 0 unspecified atom stereocenters. The number of carbonyl (C=O) groups is 1. The summed E-state index contributed by atoms with van der Waals surface area (Å²) in [7, 11) is 0. The minimum absolute atomic E-state index is 0.322. The summed E-state index contributed by atoms with van der Waals surface area (Å²) in [4.78, 5) is 11.5. The first-order chi connectivity index (χ1) is 13.6. The molecule has 1 amide bonds. The predicted octanol–water partition coefficient (Wildman–Crippen LogP) is 5.12. The molecule has 29 heavy (non-hydrogen) atoms. The summed E-state index contributed by atoms with van der Waals surface area (Å²) in [6, 6.07) is 14.9. The largest absolute Gasteiger partial charge is 0.444 e. The number of benzene rings is 2. The van der Waals surface area contributed by atoms with Crippen molar-refractivity contribution < 1.29 is 9.53 Å². The van der Waals surface area contributed by atoms with Crippen molar-refractivity contribution >= 4 is 38.0 Å². The number of amides is 1. The van der Waals surface area contributed by atoms with E-state index in [1.165, 1.54) is 0 Å². The Hall–Kier alpha value is -2.39. The van der Waals surface area contributed by atoms with Gasteiger partial charge in [0, 0.05) is 22.0 Å². The normalized spacial score (nSPS) is 10.1. The number of nitrogens with zero attached hydrogens (tertiary/aromatic N) is 2. The lowest BCUT2D eigenvalue weighted by atomic mass is 10.1. The van der Waals surface area contributed by atoms with Crippen LogP contribution >= 0.6 is 31.9 Å². The van der Waals surface area contributed by atoms with Gasteiger partial charge in [-0.05, 0) is 68.3 Å². The van der Waals surface area contributed by atoms with Gasteiger partial charge in [-0.15, -0.1) is 0 Å². The molecule has 0 radical (unpaired) electrons. The van der Waals surface area contributed by atoms with Crippen LogP contribution in [0.3, 0.4) is 0 Å². The van der Waals surface area contributed by atoms with Gasteiger partial charge in [0.25, 0.3) is 0 Å². The van der Waals surface area contributed by atoms with Crippen molar-refractivity contribution in [2.24, 2.45) is 5.73 Å². The molecule has 0 aliphatic carbocycles. The molecule has 2 aromatic carbocycles. The number of hydrogen-bond acceptors (Lipinski definition) is 5. The Kier molecular flexibility index (Phi) is 9.84. The number of ether oxygens (including phenoxy) is 1. The fourth-order valence-corrected chi connectivity index (χ4v) is 3.22. The summed E-state index contributed by atoms with van der Waals surface area (Å²) in [5.41, 5.74) is 7.89. The van der Waals surface area contributed by atoms with Gasteiger partial charge in [0.15, 0.2) is 0 Å². The minimum Gasteiger partial charge on any atom is -0.444 e. The van der Waals surface area contributed by atoms with Crippen LogP contribution < -0.4 is 11.1 Å². The molecule has 0 aromatic heterocycles. The number of halogens is 2. The third-order valence-electron chi connectivity index (χ3n) is 3.24. The maximum Gasteiger partial charge on any atom is 0.407 e. The first kappa shape index (κ1) is 24.6. The maximum atomic E-state index is 11.5. The number of nitrogens with one attached hydrogen (secondary N) is 1. The molecule has 0 heterocycles. The zero-order valence-electron chi connectivity index (χ0n) is 16.4. The molecule has 2 aromatic rings. The fourth-order valence-electron chi connectivity index (χ4n) is 2.14. The fraction of sp³-hybridized carbons (Fsp3) is 0.286. The van der Waals surface area contributed by atoms with Crippen molar-refractivity contribution in [3.05, 3.63) is 67.6 Å². The lowest BCUT2D eigenvalue weighted by Gasteiger charge is -2.19. The van der Waals surface area contributed by atoms with E-state index in [9.17, 15) is 4.79 Å². The Morgan fingerprint density at radius 3 is 1.93 bits per heavy atom. The lowest BCUT2D eigenvalue weighted by molar-refractivity contribution is 0.0523. The van der Waals surface area contributed by atoms with Gasteiger partial charge < -0.3 is 15.8 Å². The first-order valence-corrected chi connectivity index (χ1v) is 10.2. The van der Waals surface area contributed by atoms with E-state index in [0.717, 1.165) is 20.1 Å². The van der Waals surface area contributed by atoms with Crippen LogP contribution in [0.5, 0.6) is 0 Å². The monoisotopic (exact) mass is 520 g/mol. The second kappa shape index (κ2) is 11.6. The third-order valence-corrected chi connectivity index (χ3v) is 4.16. The van der Waals surface area contributed by atoms with Crippen molar-refractivity contribution in [3.63, 3.8) is 0 Å². The van der Waals surface area contributed by atoms with Crippen molar-refractivity contribution in [1.29, 1.82) is 10.5 Å². The van der Waals surface area contributed by atoms with Crippen LogP contribution in [0.4, 0.5) is 4.79 Å².